The van der Waals surface area contributed by atoms with Crippen LogP contribution in [0.4, 0.5) is 0 Å². The van der Waals surface area contributed by atoms with Gasteiger partial charge in [-0.3, -0.25) is 9.78 Å². The quantitative estimate of drug-likeness (QED) is 0.781. The highest BCUT2D eigenvalue weighted by Gasteiger charge is 2.29. The molecule has 104 valence electrons. The minimum absolute atomic E-state index is 0.133. The van der Waals surface area contributed by atoms with E-state index in [1.807, 2.05) is 6.07 Å². The first-order valence-corrected chi connectivity index (χ1v) is 6.98. The second-order valence-electron chi connectivity index (χ2n) is 4.86. The lowest BCUT2D eigenvalue weighted by atomic mass is 10.1. The number of pyridine rings is 1. The zero-order valence-electron chi connectivity index (χ0n) is 11.1. The Balaban J connectivity index is 1.90. The number of halogens is 1. The molecule has 1 aromatic heterocycles. The van der Waals surface area contributed by atoms with Crippen molar-refractivity contribution in [1.29, 1.82) is 0 Å². The monoisotopic (exact) mass is 282 g/mol. The average molecular weight is 283 g/mol. The number of carbonyl (C=O) groups is 1. The molecule has 19 heavy (non-hydrogen) atoms. The van der Waals surface area contributed by atoms with Gasteiger partial charge in [-0.25, -0.2) is 0 Å². The van der Waals surface area contributed by atoms with E-state index in [-0.39, 0.29) is 11.8 Å². The molecule has 2 rings (SSSR count). The zero-order valence-corrected chi connectivity index (χ0v) is 11.9. The van der Waals surface area contributed by atoms with Gasteiger partial charge < -0.3 is 10.1 Å². The minimum atomic E-state index is 0.133. The largest absolute Gasteiger partial charge is 0.385 e. The van der Waals surface area contributed by atoms with Crippen LogP contribution < -0.4 is 5.32 Å². The second-order valence-corrected chi connectivity index (χ2v) is 5.26. The van der Waals surface area contributed by atoms with Crippen LogP contribution in [0.25, 0.3) is 0 Å². The van der Waals surface area contributed by atoms with Gasteiger partial charge in [0.15, 0.2) is 0 Å². The van der Waals surface area contributed by atoms with E-state index in [1.165, 1.54) is 0 Å². The van der Waals surface area contributed by atoms with Crippen LogP contribution in [0, 0.1) is 5.92 Å². The molecule has 0 unspecified atom stereocenters. The van der Waals surface area contributed by atoms with Gasteiger partial charge in [-0.15, -0.1) is 0 Å². The van der Waals surface area contributed by atoms with Crippen molar-refractivity contribution >= 4 is 17.5 Å². The fourth-order valence-electron chi connectivity index (χ4n) is 1.87. The molecule has 0 bridgehead atoms. The summed E-state index contributed by atoms with van der Waals surface area (Å²) < 4.78 is 5.02. The highest BCUT2D eigenvalue weighted by molar-refractivity contribution is 6.31. The molecular formula is C14H19ClN2O2. The van der Waals surface area contributed by atoms with Crippen molar-refractivity contribution < 1.29 is 9.53 Å². The molecule has 1 fully saturated rings. The summed E-state index contributed by atoms with van der Waals surface area (Å²) in [5, 5.41) is 3.52. The number of nitrogens with zero attached hydrogens (tertiary/aromatic N) is 1. The molecule has 1 heterocycles. The van der Waals surface area contributed by atoms with Gasteiger partial charge in [0.2, 0.25) is 5.91 Å². The van der Waals surface area contributed by atoms with Crippen molar-refractivity contribution in [1.82, 2.24) is 10.3 Å². The topological polar surface area (TPSA) is 51.2 Å². The summed E-state index contributed by atoms with van der Waals surface area (Å²) >= 11 is 6.10. The lowest BCUT2D eigenvalue weighted by Gasteiger charge is -2.08. The molecule has 1 N–H and O–H groups in total. The third-order valence-electron chi connectivity index (χ3n) is 3.17. The maximum absolute atomic E-state index is 11.6. The van der Waals surface area contributed by atoms with Crippen molar-refractivity contribution in [3.8, 4) is 0 Å². The molecule has 1 saturated carbocycles. The normalized spacial score (nSPS) is 14.4. The van der Waals surface area contributed by atoms with Crippen LogP contribution in [0.15, 0.2) is 12.3 Å². The molecule has 0 spiro atoms. The number of aromatic nitrogens is 1. The molecule has 1 aromatic rings. The van der Waals surface area contributed by atoms with Crippen molar-refractivity contribution in [2.45, 2.75) is 32.2 Å². The summed E-state index contributed by atoms with van der Waals surface area (Å²) in [7, 11) is 1.69. The Morgan fingerprint density at radius 1 is 1.58 bits per heavy atom. The number of hydrogen-bond acceptors (Lipinski definition) is 3. The first-order chi connectivity index (χ1) is 9.20. The summed E-state index contributed by atoms with van der Waals surface area (Å²) in [6.07, 6.45) is 5.46. The van der Waals surface area contributed by atoms with Crippen LogP contribution in [-0.2, 0) is 22.5 Å². The fourth-order valence-corrected chi connectivity index (χ4v) is 2.04. The first kappa shape index (κ1) is 14.3. The highest BCUT2D eigenvalue weighted by Crippen LogP contribution is 2.29. The number of nitrogens with one attached hydrogen (secondary N) is 1. The Morgan fingerprint density at radius 3 is 3.05 bits per heavy atom. The molecule has 0 aromatic carbocycles. The smallest absolute Gasteiger partial charge is 0.223 e. The summed E-state index contributed by atoms with van der Waals surface area (Å²) in [6, 6.07) is 1.96. The van der Waals surface area contributed by atoms with E-state index in [4.69, 9.17) is 16.3 Å². The van der Waals surface area contributed by atoms with Crippen LogP contribution >= 0.6 is 11.6 Å². The molecular weight excluding hydrogens is 264 g/mol. The van der Waals surface area contributed by atoms with Gasteiger partial charge in [0.05, 0.1) is 5.02 Å². The van der Waals surface area contributed by atoms with E-state index in [0.717, 1.165) is 43.5 Å². The van der Waals surface area contributed by atoms with E-state index in [9.17, 15) is 4.79 Å². The summed E-state index contributed by atoms with van der Waals surface area (Å²) in [5.74, 6) is 0.357. The SMILES string of the molecule is COCCCc1cc(CNC(=O)C2CC2)c(Cl)cn1. The van der Waals surface area contributed by atoms with Crippen LogP contribution in [0.2, 0.25) is 5.02 Å². The van der Waals surface area contributed by atoms with E-state index in [2.05, 4.69) is 10.3 Å². The Kier molecular flexibility index (Phi) is 5.16. The second kappa shape index (κ2) is 6.87. The number of aryl methyl sites for hydroxylation is 1. The number of amides is 1. The lowest BCUT2D eigenvalue weighted by Crippen LogP contribution is -2.24. The minimum Gasteiger partial charge on any atom is -0.385 e. The van der Waals surface area contributed by atoms with E-state index >= 15 is 0 Å². The Bertz CT molecular complexity index is 447. The third-order valence-corrected chi connectivity index (χ3v) is 3.51. The van der Waals surface area contributed by atoms with E-state index in [0.29, 0.717) is 11.6 Å². The highest BCUT2D eigenvalue weighted by atomic mass is 35.5. The molecule has 0 radical (unpaired) electrons. The Morgan fingerprint density at radius 2 is 2.37 bits per heavy atom. The zero-order chi connectivity index (χ0) is 13.7. The third kappa shape index (κ3) is 4.48. The maximum Gasteiger partial charge on any atom is 0.223 e. The molecule has 1 aliphatic rings. The van der Waals surface area contributed by atoms with Gasteiger partial charge in [-0.2, -0.15) is 0 Å². The number of carbonyl (C=O) groups excluding carboxylic acids is 1. The standard InChI is InChI=1S/C14H19ClN2O2/c1-19-6-2-3-12-7-11(13(15)9-16-12)8-17-14(18)10-4-5-10/h7,9-10H,2-6,8H2,1H3,(H,17,18). The molecule has 1 aliphatic carbocycles. The van der Waals surface area contributed by atoms with Crippen molar-refractivity contribution in [3.63, 3.8) is 0 Å². The number of hydrogen-bond donors (Lipinski definition) is 1. The molecule has 0 atom stereocenters. The fraction of sp³-hybridized carbons (Fsp3) is 0.571. The van der Waals surface area contributed by atoms with Gasteiger partial charge in [0.25, 0.3) is 0 Å². The van der Waals surface area contributed by atoms with Gasteiger partial charge in [-0.05, 0) is 37.3 Å². The van der Waals surface area contributed by atoms with Crippen molar-refractivity contribution in [2.75, 3.05) is 13.7 Å². The van der Waals surface area contributed by atoms with Gasteiger partial charge >= 0.3 is 0 Å². The molecule has 4 nitrogen and oxygen atoms in total. The maximum atomic E-state index is 11.6. The van der Waals surface area contributed by atoms with Crippen molar-refractivity contribution in [3.05, 3.63) is 28.5 Å². The van der Waals surface area contributed by atoms with Crippen LogP contribution in [-0.4, -0.2) is 24.6 Å². The summed E-state index contributed by atoms with van der Waals surface area (Å²) in [4.78, 5) is 15.9. The van der Waals surface area contributed by atoms with Gasteiger partial charge in [-0.1, -0.05) is 11.6 Å². The Labute approximate surface area is 118 Å². The number of ether oxygens (including phenoxy) is 1. The van der Waals surface area contributed by atoms with E-state index in [1.54, 1.807) is 13.3 Å². The Hall–Kier alpha value is -1.13. The summed E-state index contributed by atoms with van der Waals surface area (Å²) in [5.41, 5.74) is 1.91. The first-order valence-electron chi connectivity index (χ1n) is 6.60. The molecule has 0 aliphatic heterocycles. The predicted molar refractivity (Wildman–Crippen MR) is 74.0 cm³/mol. The molecule has 1 amide bonds. The van der Waals surface area contributed by atoms with Gasteiger partial charge in [0.1, 0.15) is 0 Å². The lowest BCUT2D eigenvalue weighted by molar-refractivity contribution is -0.122. The van der Waals surface area contributed by atoms with Gasteiger partial charge in [0, 0.05) is 38.1 Å². The molecule has 5 heteroatoms. The van der Waals surface area contributed by atoms with Crippen LogP contribution in [0.5, 0.6) is 0 Å². The predicted octanol–water partition coefficient (Wildman–Crippen LogP) is 2.34. The average Bonchev–Trinajstić information content (AvgIpc) is 3.23. The van der Waals surface area contributed by atoms with Crippen molar-refractivity contribution in [2.24, 2.45) is 5.92 Å². The summed E-state index contributed by atoms with van der Waals surface area (Å²) in [6.45, 7) is 1.20. The molecule has 0 saturated heterocycles. The van der Waals surface area contributed by atoms with Crippen LogP contribution in [0.1, 0.15) is 30.5 Å². The van der Waals surface area contributed by atoms with E-state index < -0.39 is 0 Å². The number of methoxy groups -OCH3 is 1. The number of rotatable bonds is 7. The van der Waals surface area contributed by atoms with Crippen LogP contribution in [0.3, 0.4) is 0 Å².